The summed E-state index contributed by atoms with van der Waals surface area (Å²) in [6.45, 7) is 1.94. The average molecular weight is 275 g/mol. The second kappa shape index (κ2) is 5.32. The maximum atomic E-state index is 14.3. The molecule has 1 aromatic heterocycles. The van der Waals surface area contributed by atoms with Crippen molar-refractivity contribution in [3.63, 3.8) is 0 Å². The van der Waals surface area contributed by atoms with E-state index in [4.69, 9.17) is 0 Å². The maximum Gasteiger partial charge on any atom is 0.244 e. The lowest BCUT2D eigenvalue weighted by molar-refractivity contribution is -0.116. The summed E-state index contributed by atoms with van der Waals surface area (Å²) in [6, 6.07) is 3.68. The van der Waals surface area contributed by atoms with Crippen molar-refractivity contribution in [1.82, 2.24) is 15.6 Å². The van der Waals surface area contributed by atoms with Gasteiger partial charge < -0.3 is 10.6 Å². The Balaban J connectivity index is 1.41. The largest absolute Gasteiger partial charge is 0.352 e. The van der Waals surface area contributed by atoms with E-state index in [1.807, 2.05) is 12.1 Å². The molecule has 0 radical (unpaired) electrons. The molecule has 20 heavy (non-hydrogen) atoms. The zero-order chi connectivity index (χ0) is 14.0. The van der Waals surface area contributed by atoms with E-state index in [9.17, 15) is 9.18 Å². The van der Waals surface area contributed by atoms with Crippen LogP contribution in [-0.2, 0) is 4.79 Å². The molecule has 2 aliphatic rings. The molecule has 1 aliphatic heterocycles. The smallest absolute Gasteiger partial charge is 0.244 e. The number of alkyl halides is 1. The Labute approximate surface area is 117 Å². The summed E-state index contributed by atoms with van der Waals surface area (Å²) < 4.78 is 14.3. The predicted molar refractivity (Wildman–Crippen MR) is 74.6 cm³/mol. The van der Waals surface area contributed by atoms with Gasteiger partial charge in [0.15, 0.2) is 0 Å². The van der Waals surface area contributed by atoms with Crippen LogP contribution in [0.2, 0.25) is 0 Å². The normalized spacial score (nSPS) is 31.2. The van der Waals surface area contributed by atoms with Crippen LogP contribution in [0.3, 0.4) is 0 Å². The lowest BCUT2D eigenvalue weighted by Crippen LogP contribution is -2.29. The van der Waals surface area contributed by atoms with Gasteiger partial charge in [0.2, 0.25) is 5.91 Å². The maximum absolute atomic E-state index is 14.3. The van der Waals surface area contributed by atoms with Gasteiger partial charge in [-0.25, -0.2) is 4.39 Å². The molecule has 0 bridgehead atoms. The number of fused-ring (bicyclic) bond motifs is 1. The van der Waals surface area contributed by atoms with Gasteiger partial charge in [-0.05, 0) is 24.1 Å². The molecule has 1 saturated heterocycles. The fourth-order valence-corrected chi connectivity index (χ4v) is 3.04. The van der Waals surface area contributed by atoms with Crippen molar-refractivity contribution in [3.8, 4) is 0 Å². The van der Waals surface area contributed by atoms with Gasteiger partial charge in [-0.1, -0.05) is 6.07 Å². The number of halogens is 1. The lowest BCUT2D eigenvalue weighted by atomic mass is 10.1. The van der Waals surface area contributed by atoms with Gasteiger partial charge in [0, 0.05) is 49.9 Å². The molecule has 1 aliphatic carbocycles. The Morgan fingerprint density at radius 3 is 3.05 bits per heavy atom. The first kappa shape index (κ1) is 13.2. The van der Waals surface area contributed by atoms with Gasteiger partial charge in [0.05, 0.1) is 0 Å². The molecule has 2 heterocycles. The highest BCUT2D eigenvalue weighted by molar-refractivity contribution is 5.91. The van der Waals surface area contributed by atoms with E-state index in [2.05, 4.69) is 15.6 Å². The fourth-order valence-electron chi connectivity index (χ4n) is 3.04. The number of aromatic nitrogens is 1. The molecule has 0 aromatic carbocycles. The van der Waals surface area contributed by atoms with Crippen LogP contribution in [0.4, 0.5) is 4.39 Å². The second-order valence-corrected chi connectivity index (χ2v) is 5.46. The van der Waals surface area contributed by atoms with Crippen LogP contribution in [-0.4, -0.2) is 36.2 Å². The minimum atomic E-state index is -1.05. The molecule has 2 atom stereocenters. The molecule has 3 rings (SSSR count). The molecule has 2 N–H and O–H groups in total. The number of piperidine rings is 1. The van der Waals surface area contributed by atoms with Crippen LogP contribution in [0.1, 0.15) is 12.0 Å². The van der Waals surface area contributed by atoms with Gasteiger partial charge in [0.25, 0.3) is 0 Å². The molecule has 5 heteroatoms. The Hall–Kier alpha value is -1.75. The van der Waals surface area contributed by atoms with E-state index in [0.717, 1.165) is 18.7 Å². The Morgan fingerprint density at radius 1 is 1.55 bits per heavy atom. The van der Waals surface area contributed by atoms with E-state index in [1.165, 1.54) is 6.08 Å². The highest BCUT2D eigenvalue weighted by atomic mass is 19.1. The molecular weight excluding hydrogens is 257 g/mol. The minimum absolute atomic E-state index is 0.158. The molecule has 1 aromatic rings. The first-order valence-corrected chi connectivity index (χ1v) is 6.96. The number of hydrogen-bond acceptors (Lipinski definition) is 3. The lowest BCUT2D eigenvalue weighted by Gasteiger charge is -2.12. The highest BCUT2D eigenvalue weighted by Gasteiger charge is 2.67. The number of amides is 1. The van der Waals surface area contributed by atoms with Crippen LogP contribution in [0.25, 0.3) is 6.08 Å². The second-order valence-electron chi connectivity index (χ2n) is 5.46. The highest BCUT2D eigenvalue weighted by Crippen LogP contribution is 2.57. The van der Waals surface area contributed by atoms with E-state index < -0.39 is 5.67 Å². The third-order valence-electron chi connectivity index (χ3n) is 4.26. The Bertz CT molecular complexity index is 507. The van der Waals surface area contributed by atoms with Crippen molar-refractivity contribution in [2.24, 2.45) is 11.8 Å². The van der Waals surface area contributed by atoms with Crippen LogP contribution in [0.5, 0.6) is 0 Å². The predicted octanol–water partition coefficient (Wildman–Crippen LogP) is 1.16. The third-order valence-corrected chi connectivity index (χ3v) is 4.26. The fraction of sp³-hybridized carbons (Fsp3) is 0.467. The summed E-state index contributed by atoms with van der Waals surface area (Å²) in [6.07, 6.45) is 6.93. The van der Waals surface area contributed by atoms with E-state index in [1.54, 1.807) is 18.5 Å². The number of rotatable bonds is 5. The van der Waals surface area contributed by atoms with Crippen LogP contribution in [0, 0.1) is 11.8 Å². The topological polar surface area (TPSA) is 54.0 Å². The van der Waals surface area contributed by atoms with Crippen LogP contribution < -0.4 is 10.6 Å². The van der Waals surface area contributed by atoms with Crippen molar-refractivity contribution in [3.05, 3.63) is 36.2 Å². The van der Waals surface area contributed by atoms with Gasteiger partial charge >= 0.3 is 0 Å². The monoisotopic (exact) mass is 275 g/mol. The summed E-state index contributed by atoms with van der Waals surface area (Å²) in [5.74, 6) is 0.122. The summed E-state index contributed by atoms with van der Waals surface area (Å²) in [5.41, 5.74) is -0.182. The molecule has 1 amide bonds. The van der Waals surface area contributed by atoms with Crippen LogP contribution in [0.15, 0.2) is 30.6 Å². The summed E-state index contributed by atoms with van der Waals surface area (Å²) in [5, 5.41) is 5.90. The summed E-state index contributed by atoms with van der Waals surface area (Å²) >= 11 is 0. The molecule has 2 fully saturated rings. The van der Waals surface area contributed by atoms with Gasteiger partial charge in [-0.15, -0.1) is 0 Å². The Kier molecular flexibility index (Phi) is 3.53. The van der Waals surface area contributed by atoms with Gasteiger partial charge in [-0.3, -0.25) is 9.78 Å². The van der Waals surface area contributed by atoms with Gasteiger partial charge in [0.1, 0.15) is 5.67 Å². The SMILES string of the molecule is O=C(/C=C/c1cccnc1)NCCC1(F)C2CNCC21. The molecule has 1 saturated carbocycles. The number of pyridine rings is 1. The van der Waals surface area contributed by atoms with Crippen molar-refractivity contribution in [2.75, 3.05) is 19.6 Å². The van der Waals surface area contributed by atoms with Gasteiger partial charge in [-0.2, -0.15) is 0 Å². The van der Waals surface area contributed by atoms with E-state index >= 15 is 0 Å². The quantitative estimate of drug-likeness (QED) is 0.793. The van der Waals surface area contributed by atoms with Crippen molar-refractivity contribution >= 4 is 12.0 Å². The zero-order valence-electron chi connectivity index (χ0n) is 11.2. The first-order chi connectivity index (χ1) is 9.70. The first-order valence-electron chi connectivity index (χ1n) is 6.96. The number of carbonyl (C=O) groups is 1. The Morgan fingerprint density at radius 2 is 2.35 bits per heavy atom. The van der Waals surface area contributed by atoms with E-state index in [-0.39, 0.29) is 17.7 Å². The summed E-state index contributed by atoms with van der Waals surface area (Å²) in [4.78, 5) is 15.6. The molecule has 2 unspecified atom stereocenters. The number of hydrogen-bond donors (Lipinski definition) is 2. The molecular formula is C15H18FN3O. The molecule has 106 valence electrons. The number of carbonyl (C=O) groups excluding carboxylic acids is 1. The molecule has 0 spiro atoms. The van der Waals surface area contributed by atoms with Crippen molar-refractivity contribution in [1.29, 1.82) is 0 Å². The van der Waals surface area contributed by atoms with Crippen LogP contribution >= 0.6 is 0 Å². The summed E-state index contributed by atoms with van der Waals surface area (Å²) in [7, 11) is 0. The zero-order valence-corrected chi connectivity index (χ0v) is 11.2. The van der Waals surface area contributed by atoms with Crippen molar-refractivity contribution in [2.45, 2.75) is 12.1 Å². The van der Waals surface area contributed by atoms with E-state index in [0.29, 0.717) is 13.0 Å². The third kappa shape index (κ3) is 2.58. The minimum Gasteiger partial charge on any atom is -0.352 e. The molecule has 4 nitrogen and oxygen atoms in total. The average Bonchev–Trinajstić information content (AvgIpc) is 2.83. The number of nitrogens with zero attached hydrogens (tertiary/aromatic N) is 1. The number of nitrogens with one attached hydrogen (secondary N) is 2. The van der Waals surface area contributed by atoms with Crippen molar-refractivity contribution < 1.29 is 9.18 Å². The standard InChI is InChI=1S/C15H18FN3O/c16-15(12-9-18-10-13(12)15)5-7-19-14(20)4-3-11-2-1-6-17-8-11/h1-4,6,8,12-13,18H,5,7,9-10H2,(H,19,20)/b4-3+.